The average Bonchev–Trinajstić information content (AvgIpc) is 2.64. The van der Waals surface area contributed by atoms with Gasteiger partial charge in [-0.1, -0.05) is 19.9 Å². The number of likely N-dealkylation sites (N-methyl/N-ethyl adjacent to an activating group) is 1. The van der Waals surface area contributed by atoms with Crippen LogP contribution in [0.25, 0.3) is 6.08 Å². The summed E-state index contributed by atoms with van der Waals surface area (Å²) in [6.07, 6.45) is 2.59. The number of amides is 2. The number of ether oxygens (including phenoxy) is 2. The summed E-state index contributed by atoms with van der Waals surface area (Å²) < 4.78 is 11.2. The molecule has 0 atom stereocenters. The highest BCUT2D eigenvalue weighted by atomic mass is 16.5. The lowest BCUT2D eigenvalue weighted by molar-refractivity contribution is -0.138. The molecule has 2 rings (SSSR count). The highest BCUT2D eigenvalue weighted by molar-refractivity contribution is 6.19. The predicted octanol–water partition coefficient (Wildman–Crippen LogP) is 3.34. The van der Waals surface area contributed by atoms with Crippen LogP contribution in [0.1, 0.15) is 32.8 Å². The minimum absolute atomic E-state index is 0.0241. The van der Waals surface area contributed by atoms with Crippen LogP contribution in [0.5, 0.6) is 11.5 Å². The fraction of sp³-hybridized carbons (Fsp3) is 0.381. The van der Waals surface area contributed by atoms with Crippen LogP contribution >= 0.6 is 0 Å². The zero-order valence-corrected chi connectivity index (χ0v) is 16.3. The second kappa shape index (κ2) is 8.54. The standard InChI is InChI=1S/C21H24N2O4/c1-13(2)8-9-27-18-7-6-15(11-19(18)26-5)10-16-14(3)17(12-22)21(25)23(4)20(16)24/h6-7,10-11,13H,8-9H2,1-5H3/b16-10+. The van der Waals surface area contributed by atoms with E-state index in [4.69, 9.17) is 9.47 Å². The third-order valence-corrected chi connectivity index (χ3v) is 4.40. The third-order valence-electron chi connectivity index (χ3n) is 4.40. The van der Waals surface area contributed by atoms with Crippen LogP contribution in [0.15, 0.2) is 34.9 Å². The summed E-state index contributed by atoms with van der Waals surface area (Å²) in [5.74, 6) is 0.716. The van der Waals surface area contributed by atoms with Gasteiger partial charge in [0.05, 0.1) is 13.7 Å². The smallest absolute Gasteiger partial charge is 0.271 e. The molecule has 1 aromatic rings. The molecule has 142 valence electrons. The molecular weight excluding hydrogens is 344 g/mol. The van der Waals surface area contributed by atoms with Gasteiger partial charge in [0.2, 0.25) is 0 Å². The minimum Gasteiger partial charge on any atom is -0.493 e. The molecule has 1 aliphatic heterocycles. The number of rotatable bonds is 6. The summed E-state index contributed by atoms with van der Waals surface area (Å²) >= 11 is 0. The molecule has 0 unspecified atom stereocenters. The Morgan fingerprint density at radius 1 is 1.22 bits per heavy atom. The Labute approximate surface area is 159 Å². The predicted molar refractivity (Wildman–Crippen MR) is 102 cm³/mol. The van der Waals surface area contributed by atoms with E-state index < -0.39 is 11.8 Å². The largest absolute Gasteiger partial charge is 0.493 e. The molecule has 1 aromatic carbocycles. The number of nitriles is 1. The monoisotopic (exact) mass is 368 g/mol. The molecule has 6 nitrogen and oxygen atoms in total. The van der Waals surface area contributed by atoms with E-state index in [-0.39, 0.29) is 5.57 Å². The molecule has 0 aliphatic carbocycles. The first-order valence-electron chi connectivity index (χ1n) is 8.76. The van der Waals surface area contributed by atoms with Gasteiger partial charge in [-0.3, -0.25) is 14.5 Å². The number of hydrogen-bond donors (Lipinski definition) is 0. The van der Waals surface area contributed by atoms with E-state index in [9.17, 15) is 14.9 Å². The van der Waals surface area contributed by atoms with Crippen LogP contribution in [0.4, 0.5) is 0 Å². The Hall–Kier alpha value is -3.07. The normalized spacial score (nSPS) is 16.2. The minimum atomic E-state index is -0.580. The summed E-state index contributed by atoms with van der Waals surface area (Å²) in [5, 5.41) is 9.23. The van der Waals surface area contributed by atoms with Gasteiger partial charge in [-0.25, -0.2) is 0 Å². The maximum Gasteiger partial charge on any atom is 0.271 e. The molecule has 0 fully saturated rings. The van der Waals surface area contributed by atoms with Crippen molar-refractivity contribution in [2.24, 2.45) is 5.92 Å². The van der Waals surface area contributed by atoms with Crippen molar-refractivity contribution in [2.45, 2.75) is 27.2 Å². The van der Waals surface area contributed by atoms with Crippen LogP contribution < -0.4 is 9.47 Å². The van der Waals surface area contributed by atoms with Gasteiger partial charge in [-0.15, -0.1) is 0 Å². The molecule has 1 heterocycles. The van der Waals surface area contributed by atoms with E-state index in [0.29, 0.717) is 40.7 Å². The van der Waals surface area contributed by atoms with E-state index >= 15 is 0 Å². The van der Waals surface area contributed by atoms with E-state index in [2.05, 4.69) is 13.8 Å². The topological polar surface area (TPSA) is 79.6 Å². The molecule has 0 N–H and O–H groups in total. The second-order valence-electron chi connectivity index (χ2n) is 6.78. The lowest BCUT2D eigenvalue weighted by Gasteiger charge is -2.23. The Morgan fingerprint density at radius 2 is 1.93 bits per heavy atom. The highest BCUT2D eigenvalue weighted by Crippen LogP contribution is 2.31. The summed E-state index contributed by atoms with van der Waals surface area (Å²) in [7, 11) is 2.92. The van der Waals surface area contributed by atoms with Crippen LogP contribution in [-0.2, 0) is 9.59 Å². The van der Waals surface area contributed by atoms with Gasteiger partial charge in [0.15, 0.2) is 11.5 Å². The Bertz CT molecular complexity index is 859. The second-order valence-corrected chi connectivity index (χ2v) is 6.78. The lowest BCUT2D eigenvalue weighted by atomic mass is 9.94. The van der Waals surface area contributed by atoms with Gasteiger partial charge >= 0.3 is 0 Å². The number of nitrogens with zero attached hydrogens (tertiary/aromatic N) is 2. The lowest BCUT2D eigenvalue weighted by Crippen LogP contribution is -2.39. The van der Waals surface area contributed by atoms with Crippen molar-refractivity contribution in [2.75, 3.05) is 20.8 Å². The zero-order valence-electron chi connectivity index (χ0n) is 16.3. The SMILES string of the molecule is COc1cc(/C=C2/C(=O)N(C)C(=O)C(C#N)=C2C)ccc1OCCC(C)C. The molecule has 1 aliphatic rings. The number of hydrogen-bond acceptors (Lipinski definition) is 5. The fourth-order valence-electron chi connectivity index (χ4n) is 2.66. The zero-order chi connectivity index (χ0) is 20.1. The van der Waals surface area contributed by atoms with Gasteiger partial charge in [-0.2, -0.15) is 5.26 Å². The van der Waals surface area contributed by atoms with Gasteiger partial charge in [0.25, 0.3) is 11.8 Å². The third kappa shape index (κ3) is 4.37. The van der Waals surface area contributed by atoms with Crippen LogP contribution in [-0.4, -0.2) is 37.5 Å². The first-order chi connectivity index (χ1) is 12.8. The van der Waals surface area contributed by atoms with E-state index in [1.54, 1.807) is 32.2 Å². The van der Waals surface area contributed by atoms with Crippen molar-refractivity contribution < 1.29 is 19.1 Å². The van der Waals surface area contributed by atoms with Gasteiger partial charge in [-0.05, 0) is 48.6 Å². The van der Waals surface area contributed by atoms with E-state index in [0.717, 1.165) is 11.3 Å². The Morgan fingerprint density at radius 3 is 2.52 bits per heavy atom. The van der Waals surface area contributed by atoms with E-state index in [1.165, 1.54) is 7.05 Å². The molecule has 0 aromatic heterocycles. The van der Waals surface area contributed by atoms with Crippen LogP contribution in [0.3, 0.4) is 0 Å². The number of benzene rings is 1. The maximum absolute atomic E-state index is 12.5. The first-order valence-corrected chi connectivity index (χ1v) is 8.76. The Balaban J connectivity index is 2.38. The highest BCUT2D eigenvalue weighted by Gasteiger charge is 2.32. The summed E-state index contributed by atoms with van der Waals surface area (Å²) in [6, 6.07) is 7.25. The van der Waals surface area contributed by atoms with Crippen LogP contribution in [0, 0.1) is 17.2 Å². The summed E-state index contributed by atoms with van der Waals surface area (Å²) in [5.41, 5.74) is 1.38. The first kappa shape index (κ1) is 20.2. The van der Waals surface area contributed by atoms with Gasteiger partial charge < -0.3 is 9.47 Å². The van der Waals surface area contributed by atoms with Crippen molar-refractivity contribution in [3.05, 3.63) is 40.5 Å². The molecule has 2 amide bonds. The molecule has 6 heteroatoms. The van der Waals surface area contributed by atoms with Crippen molar-refractivity contribution in [1.29, 1.82) is 5.26 Å². The quantitative estimate of drug-likeness (QED) is 0.568. The molecule has 0 spiro atoms. The fourth-order valence-corrected chi connectivity index (χ4v) is 2.66. The van der Waals surface area contributed by atoms with Crippen molar-refractivity contribution in [1.82, 2.24) is 4.90 Å². The van der Waals surface area contributed by atoms with E-state index in [1.807, 2.05) is 12.1 Å². The summed E-state index contributed by atoms with van der Waals surface area (Å²) in [4.78, 5) is 25.5. The molecule has 0 radical (unpaired) electrons. The van der Waals surface area contributed by atoms with Crippen molar-refractivity contribution in [3.8, 4) is 17.6 Å². The van der Waals surface area contributed by atoms with Crippen molar-refractivity contribution >= 4 is 17.9 Å². The molecule has 0 saturated carbocycles. The number of imide groups is 1. The number of methoxy groups -OCH3 is 1. The average molecular weight is 368 g/mol. The van der Waals surface area contributed by atoms with Crippen LogP contribution in [0.2, 0.25) is 0 Å². The molecule has 27 heavy (non-hydrogen) atoms. The molecule has 0 saturated heterocycles. The van der Waals surface area contributed by atoms with Crippen molar-refractivity contribution in [3.63, 3.8) is 0 Å². The van der Waals surface area contributed by atoms with Gasteiger partial charge in [0.1, 0.15) is 11.6 Å². The number of carbonyl (C=O) groups is 2. The number of carbonyl (C=O) groups excluding carboxylic acids is 2. The van der Waals surface area contributed by atoms with Gasteiger partial charge in [0, 0.05) is 12.6 Å². The Kier molecular flexibility index (Phi) is 6.40. The summed E-state index contributed by atoms with van der Waals surface area (Å²) in [6.45, 7) is 6.45. The molecular formula is C21H24N2O4. The maximum atomic E-state index is 12.5. The molecule has 0 bridgehead atoms.